The summed E-state index contributed by atoms with van der Waals surface area (Å²) in [5, 5.41) is 7.23. The Morgan fingerprint density at radius 2 is 1.68 bits per heavy atom. The molecule has 2 aliphatic rings. The zero-order chi connectivity index (χ0) is 15.4. The van der Waals surface area contributed by atoms with E-state index in [0.717, 1.165) is 37.2 Å². The number of carbonyl (C=O) groups is 1. The highest BCUT2D eigenvalue weighted by atomic mass is 32.1. The van der Waals surface area contributed by atoms with Gasteiger partial charge in [-0.1, -0.05) is 12.8 Å². The number of rotatable bonds is 3. The highest BCUT2D eigenvalue weighted by molar-refractivity contribution is 7.80. The quantitative estimate of drug-likeness (QED) is 0.841. The Hall–Kier alpha value is -1.62. The molecule has 0 radical (unpaired) electrons. The number of carbonyl (C=O) groups excluding carboxylic acids is 1. The Labute approximate surface area is 137 Å². The Bertz CT molecular complexity index is 531. The first-order valence-electron chi connectivity index (χ1n) is 8.19. The van der Waals surface area contributed by atoms with Gasteiger partial charge in [0.15, 0.2) is 5.11 Å². The topological polar surface area (TPSA) is 44.4 Å². The van der Waals surface area contributed by atoms with E-state index in [1.807, 2.05) is 29.2 Å². The van der Waals surface area contributed by atoms with Crippen LogP contribution in [0, 0.1) is 0 Å². The Morgan fingerprint density at radius 1 is 1.05 bits per heavy atom. The van der Waals surface area contributed by atoms with Crippen molar-refractivity contribution in [3.05, 3.63) is 29.8 Å². The molecular weight excluding hydrogens is 294 g/mol. The predicted molar refractivity (Wildman–Crippen MR) is 93.2 cm³/mol. The molecular formula is C17H23N3OS. The molecule has 1 aliphatic heterocycles. The normalized spacial score (nSPS) is 18.5. The Kier molecular flexibility index (Phi) is 4.93. The molecule has 0 atom stereocenters. The van der Waals surface area contributed by atoms with E-state index in [0.29, 0.717) is 11.2 Å². The highest BCUT2D eigenvalue weighted by Crippen LogP contribution is 2.18. The fourth-order valence-corrected chi connectivity index (χ4v) is 3.51. The predicted octanol–water partition coefficient (Wildman–Crippen LogP) is 3.15. The second-order valence-electron chi connectivity index (χ2n) is 6.16. The number of hydrogen-bond acceptors (Lipinski definition) is 2. The van der Waals surface area contributed by atoms with Crippen molar-refractivity contribution >= 4 is 28.9 Å². The van der Waals surface area contributed by atoms with Crippen LogP contribution in [0.5, 0.6) is 0 Å². The van der Waals surface area contributed by atoms with Crippen LogP contribution in [0.1, 0.15) is 48.9 Å². The van der Waals surface area contributed by atoms with Gasteiger partial charge >= 0.3 is 0 Å². The van der Waals surface area contributed by atoms with Gasteiger partial charge in [0.05, 0.1) is 0 Å². The fraction of sp³-hybridized carbons (Fsp3) is 0.529. The molecule has 22 heavy (non-hydrogen) atoms. The molecule has 4 nitrogen and oxygen atoms in total. The standard InChI is InChI=1S/C17H23N3OS/c21-16(20-11-3-4-12-20)13-7-9-15(10-8-13)19-17(22)18-14-5-1-2-6-14/h7-10,14H,1-6,11-12H2,(H2,18,19,22). The molecule has 0 aromatic heterocycles. The van der Waals surface area contributed by atoms with Crippen molar-refractivity contribution in [2.24, 2.45) is 0 Å². The second-order valence-corrected chi connectivity index (χ2v) is 6.56. The lowest BCUT2D eigenvalue weighted by Crippen LogP contribution is -2.35. The van der Waals surface area contributed by atoms with Gasteiger partial charge < -0.3 is 15.5 Å². The number of anilines is 1. The van der Waals surface area contributed by atoms with Gasteiger partial charge in [-0.2, -0.15) is 0 Å². The van der Waals surface area contributed by atoms with E-state index in [9.17, 15) is 4.79 Å². The molecule has 5 heteroatoms. The number of hydrogen-bond donors (Lipinski definition) is 2. The maximum absolute atomic E-state index is 12.3. The van der Waals surface area contributed by atoms with Crippen molar-refractivity contribution in [2.45, 2.75) is 44.6 Å². The molecule has 1 aromatic rings. The lowest BCUT2D eigenvalue weighted by molar-refractivity contribution is 0.0793. The summed E-state index contributed by atoms with van der Waals surface area (Å²) < 4.78 is 0. The van der Waals surface area contributed by atoms with Gasteiger partial charge in [0.1, 0.15) is 0 Å². The first-order valence-corrected chi connectivity index (χ1v) is 8.60. The minimum atomic E-state index is 0.135. The average molecular weight is 317 g/mol. The summed E-state index contributed by atoms with van der Waals surface area (Å²) in [7, 11) is 0. The molecule has 2 fully saturated rings. The minimum absolute atomic E-state index is 0.135. The lowest BCUT2D eigenvalue weighted by Gasteiger charge is -2.17. The summed E-state index contributed by atoms with van der Waals surface area (Å²) in [6.07, 6.45) is 7.20. The van der Waals surface area contributed by atoms with Gasteiger partial charge in [-0.05, 0) is 62.2 Å². The van der Waals surface area contributed by atoms with Crippen LogP contribution in [0.2, 0.25) is 0 Å². The SMILES string of the molecule is O=C(c1ccc(NC(=S)NC2CCCC2)cc1)N1CCCC1. The van der Waals surface area contributed by atoms with Crippen LogP contribution >= 0.6 is 12.2 Å². The van der Waals surface area contributed by atoms with E-state index >= 15 is 0 Å². The van der Waals surface area contributed by atoms with Gasteiger partial charge in [0, 0.05) is 30.4 Å². The highest BCUT2D eigenvalue weighted by Gasteiger charge is 2.19. The van der Waals surface area contributed by atoms with Crippen LogP contribution in [0.4, 0.5) is 5.69 Å². The summed E-state index contributed by atoms with van der Waals surface area (Å²) in [5.41, 5.74) is 1.68. The molecule has 1 saturated carbocycles. The van der Waals surface area contributed by atoms with E-state index in [1.54, 1.807) is 0 Å². The monoisotopic (exact) mass is 317 g/mol. The van der Waals surface area contributed by atoms with Crippen LogP contribution in [0.25, 0.3) is 0 Å². The number of thiocarbonyl (C=S) groups is 1. The molecule has 2 N–H and O–H groups in total. The van der Waals surface area contributed by atoms with E-state index in [2.05, 4.69) is 10.6 Å². The molecule has 3 rings (SSSR count). The van der Waals surface area contributed by atoms with Gasteiger partial charge in [-0.15, -0.1) is 0 Å². The third-order valence-electron chi connectivity index (χ3n) is 4.47. The molecule has 0 bridgehead atoms. The first-order chi connectivity index (χ1) is 10.7. The first kappa shape index (κ1) is 15.3. The molecule has 1 saturated heterocycles. The number of likely N-dealkylation sites (tertiary alicyclic amines) is 1. The maximum Gasteiger partial charge on any atom is 0.253 e. The zero-order valence-corrected chi connectivity index (χ0v) is 13.6. The van der Waals surface area contributed by atoms with E-state index in [4.69, 9.17) is 12.2 Å². The lowest BCUT2D eigenvalue weighted by atomic mass is 10.2. The second kappa shape index (κ2) is 7.09. The van der Waals surface area contributed by atoms with Crippen molar-refractivity contribution in [3.63, 3.8) is 0 Å². The van der Waals surface area contributed by atoms with Crippen molar-refractivity contribution in [1.29, 1.82) is 0 Å². The number of benzene rings is 1. The van der Waals surface area contributed by atoms with Crippen molar-refractivity contribution < 1.29 is 4.79 Å². The number of nitrogens with one attached hydrogen (secondary N) is 2. The fourth-order valence-electron chi connectivity index (χ4n) is 3.22. The van der Waals surface area contributed by atoms with Crippen molar-refractivity contribution in [3.8, 4) is 0 Å². The van der Waals surface area contributed by atoms with Crippen molar-refractivity contribution in [2.75, 3.05) is 18.4 Å². The molecule has 1 aliphatic carbocycles. The Balaban J connectivity index is 1.54. The molecule has 118 valence electrons. The van der Waals surface area contributed by atoms with Crippen LogP contribution in [0.15, 0.2) is 24.3 Å². The summed E-state index contributed by atoms with van der Waals surface area (Å²) in [6.45, 7) is 1.77. The molecule has 0 spiro atoms. The van der Waals surface area contributed by atoms with E-state index in [-0.39, 0.29) is 5.91 Å². The number of amides is 1. The van der Waals surface area contributed by atoms with Gasteiger partial charge in [0.25, 0.3) is 5.91 Å². The Morgan fingerprint density at radius 3 is 2.32 bits per heavy atom. The van der Waals surface area contributed by atoms with Crippen LogP contribution in [-0.4, -0.2) is 35.1 Å². The van der Waals surface area contributed by atoms with Gasteiger partial charge in [-0.25, -0.2) is 0 Å². The largest absolute Gasteiger partial charge is 0.360 e. The third-order valence-corrected chi connectivity index (χ3v) is 4.69. The van der Waals surface area contributed by atoms with E-state index < -0.39 is 0 Å². The minimum Gasteiger partial charge on any atom is -0.360 e. The summed E-state index contributed by atoms with van der Waals surface area (Å²) in [5.74, 6) is 0.135. The van der Waals surface area contributed by atoms with Crippen molar-refractivity contribution in [1.82, 2.24) is 10.2 Å². The summed E-state index contributed by atoms with van der Waals surface area (Å²) in [4.78, 5) is 14.2. The molecule has 1 aromatic carbocycles. The number of nitrogens with zero attached hydrogens (tertiary/aromatic N) is 1. The molecule has 1 amide bonds. The molecule has 1 heterocycles. The van der Waals surface area contributed by atoms with Gasteiger partial charge in [-0.3, -0.25) is 4.79 Å². The van der Waals surface area contributed by atoms with Gasteiger partial charge in [0.2, 0.25) is 0 Å². The van der Waals surface area contributed by atoms with Crippen LogP contribution in [-0.2, 0) is 0 Å². The van der Waals surface area contributed by atoms with Crippen LogP contribution in [0.3, 0.4) is 0 Å². The average Bonchev–Trinajstić information content (AvgIpc) is 3.20. The summed E-state index contributed by atoms with van der Waals surface area (Å²) in [6, 6.07) is 8.11. The zero-order valence-electron chi connectivity index (χ0n) is 12.8. The molecule has 0 unspecified atom stereocenters. The summed E-state index contributed by atoms with van der Waals surface area (Å²) >= 11 is 5.35. The maximum atomic E-state index is 12.3. The van der Waals surface area contributed by atoms with E-state index in [1.165, 1.54) is 25.7 Å². The van der Waals surface area contributed by atoms with Crippen LogP contribution < -0.4 is 10.6 Å². The smallest absolute Gasteiger partial charge is 0.253 e. The third kappa shape index (κ3) is 3.77.